The van der Waals surface area contributed by atoms with Crippen molar-refractivity contribution >= 4 is 6.09 Å². The Bertz CT molecular complexity index is 314. The molecule has 17 heavy (non-hydrogen) atoms. The van der Waals surface area contributed by atoms with E-state index in [1.807, 2.05) is 11.8 Å². The molecule has 2 atom stereocenters. The average molecular weight is 241 g/mol. The minimum absolute atomic E-state index is 0.185. The maximum absolute atomic E-state index is 11.8. The molecule has 96 valence electrons. The summed E-state index contributed by atoms with van der Waals surface area (Å²) in [6.07, 6.45) is 2.74. The number of hydrogen-bond donors (Lipinski definition) is 0. The predicted octanol–water partition coefficient (Wildman–Crippen LogP) is 1.37. The van der Waals surface area contributed by atoms with Gasteiger partial charge in [0.2, 0.25) is 0 Å². The van der Waals surface area contributed by atoms with Gasteiger partial charge in [0.15, 0.2) is 5.79 Å². The second-order valence-electron chi connectivity index (χ2n) is 4.99. The van der Waals surface area contributed by atoms with Crippen LogP contribution in [0.3, 0.4) is 0 Å². The molecule has 4 rings (SSSR count). The molecule has 0 N–H and O–H groups in total. The maximum Gasteiger partial charge on any atom is 0.410 e. The molecule has 5 nitrogen and oxygen atoms in total. The van der Waals surface area contributed by atoms with Gasteiger partial charge in [0, 0.05) is 24.9 Å². The van der Waals surface area contributed by atoms with Gasteiger partial charge in [-0.25, -0.2) is 4.79 Å². The third kappa shape index (κ3) is 1.72. The fourth-order valence-electron chi connectivity index (χ4n) is 3.35. The Hall–Kier alpha value is -0.810. The van der Waals surface area contributed by atoms with E-state index in [2.05, 4.69) is 0 Å². The molecule has 1 spiro atoms. The van der Waals surface area contributed by atoms with Crippen LogP contribution in [0.1, 0.15) is 26.2 Å². The van der Waals surface area contributed by atoms with Crippen molar-refractivity contribution in [3.8, 4) is 0 Å². The van der Waals surface area contributed by atoms with Gasteiger partial charge >= 0.3 is 6.09 Å². The molecule has 4 fully saturated rings. The zero-order chi connectivity index (χ0) is 11.9. The SMILES string of the molecule is CCOC(=O)N1CC2CCC1CC21OCCO1. The molecule has 0 aromatic carbocycles. The van der Waals surface area contributed by atoms with Crippen LogP contribution in [0.15, 0.2) is 0 Å². The van der Waals surface area contributed by atoms with E-state index in [1.54, 1.807) is 0 Å². The van der Waals surface area contributed by atoms with E-state index in [-0.39, 0.29) is 12.1 Å². The number of hydrogen-bond acceptors (Lipinski definition) is 4. The zero-order valence-electron chi connectivity index (χ0n) is 10.2. The molecule has 3 heterocycles. The lowest BCUT2D eigenvalue weighted by Gasteiger charge is -2.52. The molecular weight excluding hydrogens is 222 g/mol. The Kier molecular flexibility index (Phi) is 2.75. The summed E-state index contributed by atoms with van der Waals surface area (Å²) in [5, 5.41) is 0. The Morgan fingerprint density at radius 3 is 2.76 bits per heavy atom. The molecule has 3 saturated heterocycles. The van der Waals surface area contributed by atoms with Crippen LogP contribution in [0.4, 0.5) is 4.79 Å². The third-order valence-electron chi connectivity index (χ3n) is 4.13. The molecule has 0 aromatic rings. The number of carbonyl (C=O) groups is 1. The standard InChI is InChI=1S/C12H19NO4/c1-2-15-11(14)13-8-9-3-4-10(13)7-12(9)16-5-6-17-12/h9-10H,2-8H2,1H3. The number of nitrogens with zero attached hydrogens (tertiary/aromatic N) is 1. The lowest BCUT2D eigenvalue weighted by molar-refractivity contribution is -0.246. The second-order valence-corrected chi connectivity index (χ2v) is 4.99. The predicted molar refractivity (Wildman–Crippen MR) is 59.5 cm³/mol. The van der Waals surface area contributed by atoms with E-state index >= 15 is 0 Å². The Morgan fingerprint density at radius 1 is 1.41 bits per heavy atom. The first-order valence-electron chi connectivity index (χ1n) is 6.46. The van der Waals surface area contributed by atoms with Crippen molar-refractivity contribution in [1.82, 2.24) is 4.90 Å². The summed E-state index contributed by atoms with van der Waals surface area (Å²) < 4.78 is 16.7. The van der Waals surface area contributed by atoms with Crippen LogP contribution in [0.2, 0.25) is 0 Å². The lowest BCUT2D eigenvalue weighted by atomic mass is 9.75. The first-order chi connectivity index (χ1) is 8.25. The van der Waals surface area contributed by atoms with E-state index < -0.39 is 5.79 Å². The quantitative estimate of drug-likeness (QED) is 0.695. The summed E-state index contributed by atoms with van der Waals surface area (Å²) in [6.45, 7) is 4.35. The highest BCUT2D eigenvalue weighted by Crippen LogP contribution is 2.46. The van der Waals surface area contributed by atoms with E-state index in [9.17, 15) is 4.79 Å². The molecule has 0 radical (unpaired) electrons. The first kappa shape index (κ1) is 11.3. The molecule has 1 saturated carbocycles. The smallest absolute Gasteiger partial charge is 0.410 e. The number of carbonyl (C=O) groups excluding carboxylic acids is 1. The maximum atomic E-state index is 11.8. The number of piperidine rings is 2. The van der Waals surface area contributed by atoms with Gasteiger partial charge < -0.3 is 19.1 Å². The lowest BCUT2D eigenvalue weighted by Crippen LogP contribution is -2.62. The van der Waals surface area contributed by atoms with Crippen LogP contribution in [-0.4, -0.2) is 49.2 Å². The van der Waals surface area contributed by atoms with E-state index in [0.717, 1.165) is 19.3 Å². The zero-order valence-corrected chi connectivity index (χ0v) is 10.2. The Morgan fingerprint density at radius 2 is 2.18 bits per heavy atom. The van der Waals surface area contributed by atoms with Crippen LogP contribution in [0, 0.1) is 5.92 Å². The van der Waals surface area contributed by atoms with E-state index in [0.29, 0.717) is 32.3 Å². The molecule has 2 unspecified atom stereocenters. The molecular formula is C12H19NO4. The van der Waals surface area contributed by atoms with Gasteiger partial charge in [0.25, 0.3) is 0 Å². The normalized spacial score (nSPS) is 34.3. The Balaban J connectivity index is 1.73. The highest BCUT2D eigenvalue weighted by molar-refractivity contribution is 5.68. The van der Waals surface area contributed by atoms with Gasteiger partial charge in [0.1, 0.15) is 0 Å². The molecule has 5 heteroatoms. The molecule has 1 aliphatic carbocycles. The van der Waals surface area contributed by atoms with Crippen molar-refractivity contribution in [3.05, 3.63) is 0 Å². The van der Waals surface area contributed by atoms with Gasteiger partial charge in [-0.1, -0.05) is 0 Å². The topological polar surface area (TPSA) is 48.0 Å². The fraction of sp³-hybridized carbons (Fsp3) is 0.917. The van der Waals surface area contributed by atoms with Gasteiger partial charge in [-0.3, -0.25) is 0 Å². The van der Waals surface area contributed by atoms with Crippen molar-refractivity contribution < 1.29 is 19.0 Å². The summed E-state index contributed by atoms with van der Waals surface area (Å²) in [7, 11) is 0. The largest absolute Gasteiger partial charge is 0.450 e. The summed E-state index contributed by atoms with van der Waals surface area (Å²) in [5.74, 6) is -0.0919. The summed E-state index contributed by atoms with van der Waals surface area (Å²) >= 11 is 0. The minimum Gasteiger partial charge on any atom is -0.450 e. The highest BCUT2D eigenvalue weighted by Gasteiger charge is 2.55. The molecule has 1 amide bonds. The van der Waals surface area contributed by atoms with Crippen molar-refractivity contribution in [3.63, 3.8) is 0 Å². The van der Waals surface area contributed by atoms with Crippen LogP contribution in [0.25, 0.3) is 0 Å². The van der Waals surface area contributed by atoms with Crippen molar-refractivity contribution in [2.24, 2.45) is 5.92 Å². The monoisotopic (exact) mass is 241 g/mol. The summed E-state index contributed by atoms with van der Waals surface area (Å²) in [4.78, 5) is 13.7. The van der Waals surface area contributed by atoms with Gasteiger partial charge in [-0.15, -0.1) is 0 Å². The molecule has 0 aromatic heterocycles. The first-order valence-corrected chi connectivity index (χ1v) is 6.46. The summed E-state index contributed by atoms with van der Waals surface area (Å²) in [5.41, 5.74) is 0. The number of amides is 1. The minimum atomic E-state index is -0.397. The number of ether oxygens (including phenoxy) is 3. The van der Waals surface area contributed by atoms with Crippen LogP contribution in [0.5, 0.6) is 0 Å². The van der Waals surface area contributed by atoms with Crippen molar-refractivity contribution in [2.75, 3.05) is 26.4 Å². The van der Waals surface area contributed by atoms with Crippen LogP contribution in [-0.2, 0) is 14.2 Å². The molecule has 3 aliphatic heterocycles. The summed E-state index contributed by atoms with van der Waals surface area (Å²) in [6, 6.07) is 0.220. The number of rotatable bonds is 1. The van der Waals surface area contributed by atoms with Gasteiger partial charge in [-0.05, 0) is 19.8 Å². The number of fused-ring (bicyclic) bond motifs is 2. The second kappa shape index (κ2) is 4.14. The van der Waals surface area contributed by atoms with Gasteiger partial charge in [-0.2, -0.15) is 0 Å². The van der Waals surface area contributed by atoms with Crippen LogP contribution < -0.4 is 0 Å². The third-order valence-corrected chi connectivity index (χ3v) is 4.13. The van der Waals surface area contributed by atoms with Crippen molar-refractivity contribution in [2.45, 2.75) is 38.0 Å². The fourth-order valence-corrected chi connectivity index (χ4v) is 3.35. The average Bonchev–Trinajstić information content (AvgIpc) is 2.79. The van der Waals surface area contributed by atoms with E-state index in [4.69, 9.17) is 14.2 Å². The molecule has 2 bridgehead atoms. The highest BCUT2D eigenvalue weighted by atomic mass is 16.7. The van der Waals surface area contributed by atoms with Crippen LogP contribution >= 0.6 is 0 Å². The molecule has 4 aliphatic rings. The van der Waals surface area contributed by atoms with E-state index in [1.165, 1.54) is 0 Å². The van der Waals surface area contributed by atoms with Crippen molar-refractivity contribution in [1.29, 1.82) is 0 Å². The van der Waals surface area contributed by atoms with Gasteiger partial charge in [0.05, 0.1) is 19.8 Å². The Labute approximate surface area is 101 Å².